The van der Waals surface area contributed by atoms with Gasteiger partial charge in [-0.25, -0.2) is 0 Å². The van der Waals surface area contributed by atoms with Crippen molar-refractivity contribution in [3.63, 3.8) is 0 Å². The Bertz CT molecular complexity index is 994. The van der Waals surface area contributed by atoms with E-state index in [-0.39, 0.29) is 30.2 Å². The van der Waals surface area contributed by atoms with Crippen LogP contribution < -0.4 is 5.32 Å². The quantitative estimate of drug-likeness (QED) is 0.347. The molecule has 3 rings (SSSR count). The molecule has 0 saturated heterocycles. The van der Waals surface area contributed by atoms with Gasteiger partial charge in [0.05, 0.1) is 5.75 Å². The van der Waals surface area contributed by atoms with E-state index in [1.165, 1.54) is 18.2 Å². The standard InChI is InChI=1S/C25H28Cl4N2O2S/c1-16(25(33)30-19-6-3-2-4-7-19)31(13-17-10-11-18(26)12-23(17)29)24(32)15-34-14-20-21(27)8-5-9-22(20)28/h5,8-12,16,19H,2-4,6-7,13-15H2,1H3,(H,30,33)/t16-/m0/s1. The minimum absolute atomic E-state index is 0.149. The molecule has 2 aromatic rings. The minimum atomic E-state index is -0.648. The molecule has 0 radical (unpaired) electrons. The molecule has 4 nitrogen and oxygen atoms in total. The molecular formula is C25H28Cl4N2O2S. The lowest BCUT2D eigenvalue weighted by Gasteiger charge is -2.31. The molecule has 1 fully saturated rings. The lowest BCUT2D eigenvalue weighted by atomic mass is 9.95. The molecule has 1 saturated carbocycles. The number of hydrogen-bond donors (Lipinski definition) is 1. The van der Waals surface area contributed by atoms with E-state index in [1.807, 2.05) is 0 Å². The summed E-state index contributed by atoms with van der Waals surface area (Å²) in [6.07, 6.45) is 5.38. The fraction of sp³-hybridized carbons (Fsp3) is 0.440. The zero-order valence-electron chi connectivity index (χ0n) is 19.0. The van der Waals surface area contributed by atoms with Crippen molar-refractivity contribution in [3.8, 4) is 0 Å². The van der Waals surface area contributed by atoms with Gasteiger partial charge in [-0.1, -0.05) is 77.8 Å². The molecule has 34 heavy (non-hydrogen) atoms. The first kappa shape index (κ1) is 27.5. The Labute approximate surface area is 225 Å². The molecule has 1 aliphatic rings. The molecule has 0 aromatic heterocycles. The normalized spacial score (nSPS) is 15.1. The summed E-state index contributed by atoms with van der Waals surface area (Å²) in [5.41, 5.74) is 1.52. The first-order valence-electron chi connectivity index (χ1n) is 11.3. The van der Waals surface area contributed by atoms with Gasteiger partial charge in [-0.15, -0.1) is 11.8 Å². The van der Waals surface area contributed by atoms with Crippen molar-refractivity contribution in [2.45, 2.75) is 63.4 Å². The second-order valence-electron chi connectivity index (χ2n) is 8.47. The van der Waals surface area contributed by atoms with Crippen molar-refractivity contribution >= 4 is 70.0 Å². The summed E-state index contributed by atoms with van der Waals surface area (Å²) in [5.74, 6) is 0.353. The van der Waals surface area contributed by atoms with Crippen molar-refractivity contribution in [1.82, 2.24) is 10.2 Å². The van der Waals surface area contributed by atoms with E-state index in [1.54, 1.807) is 48.2 Å². The Morgan fingerprint density at radius 2 is 1.71 bits per heavy atom. The maximum absolute atomic E-state index is 13.3. The smallest absolute Gasteiger partial charge is 0.242 e. The molecule has 1 aliphatic carbocycles. The molecule has 0 heterocycles. The monoisotopic (exact) mass is 560 g/mol. The molecule has 0 unspecified atom stereocenters. The average Bonchev–Trinajstić information content (AvgIpc) is 2.80. The third-order valence-electron chi connectivity index (χ3n) is 6.01. The van der Waals surface area contributed by atoms with Crippen LogP contribution in [0.4, 0.5) is 0 Å². The average molecular weight is 562 g/mol. The molecule has 2 aromatic carbocycles. The predicted octanol–water partition coefficient (Wildman–Crippen LogP) is 7.40. The maximum Gasteiger partial charge on any atom is 0.242 e. The van der Waals surface area contributed by atoms with Gasteiger partial charge in [0.25, 0.3) is 0 Å². The molecule has 0 bridgehead atoms. The van der Waals surface area contributed by atoms with Gasteiger partial charge >= 0.3 is 0 Å². The van der Waals surface area contributed by atoms with Gasteiger partial charge in [-0.2, -0.15) is 0 Å². The van der Waals surface area contributed by atoms with Gasteiger partial charge in [-0.3, -0.25) is 9.59 Å². The summed E-state index contributed by atoms with van der Waals surface area (Å²) in [4.78, 5) is 28.0. The van der Waals surface area contributed by atoms with E-state index in [9.17, 15) is 9.59 Å². The number of nitrogens with one attached hydrogen (secondary N) is 1. The van der Waals surface area contributed by atoms with Gasteiger partial charge in [0, 0.05) is 38.4 Å². The van der Waals surface area contributed by atoms with Crippen LogP contribution in [0.15, 0.2) is 36.4 Å². The largest absolute Gasteiger partial charge is 0.352 e. The summed E-state index contributed by atoms with van der Waals surface area (Å²) in [6.45, 7) is 1.97. The Balaban J connectivity index is 1.71. The van der Waals surface area contributed by atoms with Gasteiger partial charge in [-0.05, 0) is 55.2 Å². The fourth-order valence-corrected chi connectivity index (χ4v) is 6.09. The predicted molar refractivity (Wildman–Crippen MR) is 144 cm³/mol. The number of hydrogen-bond acceptors (Lipinski definition) is 3. The van der Waals surface area contributed by atoms with Crippen molar-refractivity contribution in [3.05, 3.63) is 67.6 Å². The van der Waals surface area contributed by atoms with E-state index < -0.39 is 6.04 Å². The van der Waals surface area contributed by atoms with Crippen molar-refractivity contribution in [2.75, 3.05) is 5.75 Å². The van der Waals surface area contributed by atoms with Gasteiger partial charge < -0.3 is 10.2 Å². The summed E-state index contributed by atoms with van der Waals surface area (Å²) in [5, 5.41) is 5.24. The minimum Gasteiger partial charge on any atom is -0.352 e. The highest BCUT2D eigenvalue weighted by atomic mass is 35.5. The summed E-state index contributed by atoms with van der Waals surface area (Å²) in [7, 11) is 0. The summed E-state index contributed by atoms with van der Waals surface area (Å²) >= 11 is 26.3. The molecule has 184 valence electrons. The van der Waals surface area contributed by atoms with Gasteiger partial charge in [0.2, 0.25) is 11.8 Å². The van der Waals surface area contributed by atoms with Gasteiger partial charge in [0.1, 0.15) is 6.04 Å². The Morgan fingerprint density at radius 1 is 1.03 bits per heavy atom. The van der Waals surface area contributed by atoms with Crippen molar-refractivity contribution in [1.29, 1.82) is 0 Å². The van der Waals surface area contributed by atoms with Crippen LogP contribution in [0.1, 0.15) is 50.2 Å². The Hall–Kier alpha value is -1.11. The molecule has 0 aliphatic heterocycles. The van der Waals surface area contributed by atoms with Crippen LogP contribution in [0, 0.1) is 0 Å². The number of rotatable bonds is 9. The number of halogens is 4. The second kappa shape index (κ2) is 13.3. The van der Waals surface area contributed by atoms with E-state index in [4.69, 9.17) is 46.4 Å². The van der Waals surface area contributed by atoms with E-state index in [2.05, 4.69) is 5.32 Å². The van der Waals surface area contributed by atoms with Crippen LogP contribution in [0.2, 0.25) is 20.1 Å². The molecule has 1 N–H and O–H groups in total. The lowest BCUT2D eigenvalue weighted by molar-refractivity contribution is -0.139. The second-order valence-corrected chi connectivity index (χ2v) is 11.1. The summed E-state index contributed by atoms with van der Waals surface area (Å²) in [6, 6.07) is 10.0. The van der Waals surface area contributed by atoms with Crippen molar-refractivity contribution < 1.29 is 9.59 Å². The number of benzene rings is 2. The van der Waals surface area contributed by atoms with Crippen LogP contribution in [0.3, 0.4) is 0 Å². The zero-order chi connectivity index (χ0) is 24.7. The number of nitrogens with zero attached hydrogens (tertiary/aromatic N) is 1. The fourth-order valence-electron chi connectivity index (χ4n) is 3.98. The topological polar surface area (TPSA) is 49.4 Å². The Kier molecular flexibility index (Phi) is 10.7. The molecule has 9 heteroatoms. The SMILES string of the molecule is C[C@@H](C(=O)NC1CCCCC1)N(Cc1ccc(Cl)cc1Cl)C(=O)CSCc1c(Cl)cccc1Cl. The highest BCUT2D eigenvalue weighted by molar-refractivity contribution is 7.99. The Morgan fingerprint density at radius 3 is 2.35 bits per heavy atom. The van der Waals surface area contributed by atoms with Crippen LogP contribution in [-0.4, -0.2) is 34.6 Å². The van der Waals surface area contributed by atoms with Crippen LogP contribution >= 0.6 is 58.2 Å². The first-order chi connectivity index (χ1) is 16.3. The van der Waals surface area contributed by atoms with Crippen LogP contribution in [0.25, 0.3) is 0 Å². The summed E-state index contributed by atoms with van der Waals surface area (Å²) < 4.78 is 0. The number of thioether (sulfide) groups is 1. The van der Waals surface area contributed by atoms with E-state index in [0.717, 1.165) is 36.8 Å². The maximum atomic E-state index is 13.3. The third-order valence-corrected chi connectivity index (χ3v) is 8.25. The number of carbonyl (C=O) groups excluding carboxylic acids is 2. The van der Waals surface area contributed by atoms with Crippen LogP contribution in [-0.2, 0) is 21.9 Å². The zero-order valence-corrected chi connectivity index (χ0v) is 22.8. The highest BCUT2D eigenvalue weighted by Crippen LogP contribution is 2.29. The van der Waals surface area contributed by atoms with Crippen molar-refractivity contribution in [2.24, 2.45) is 0 Å². The number of carbonyl (C=O) groups is 2. The van der Waals surface area contributed by atoms with E-state index in [0.29, 0.717) is 25.8 Å². The molecule has 0 spiro atoms. The van der Waals surface area contributed by atoms with Gasteiger partial charge in [0.15, 0.2) is 0 Å². The first-order valence-corrected chi connectivity index (χ1v) is 14.0. The lowest BCUT2D eigenvalue weighted by Crippen LogP contribution is -2.50. The highest BCUT2D eigenvalue weighted by Gasteiger charge is 2.28. The van der Waals surface area contributed by atoms with Crippen LogP contribution in [0.5, 0.6) is 0 Å². The molecule has 2 amide bonds. The van der Waals surface area contributed by atoms with E-state index >= 15 is 0 Å². The third kappa shape index (κ3) is 7.69. The molecule has 1 atom stereocenters. The molecular weight excluding hydrogens is 534 g/mol. The number of amides is 2.